The smallest absolute Gasteiger partial charge is 0.191 e. The molecule has 2 aromatic carbocycles. The van der Waals surface area contributed by atoms with Gasteiger partial charge in [0.05, 0.1) is 0 Å². The summed E-state index contributed by atoms with van der Waals surface area (Å²) in [6.07, 6.45) is 0.950. The Bertz CT molecular complexity index is 613. The summed E-state index contributed by atoms with van der Waals surface area (Å²) in [7, 11) is -1.64. The molecule has 0 spiro atoms. The van der Waals surface area contributed by atoms with E-state index in [-0.39, 0.29) is 5.04 Å². The highest BCUT2D eigenvalue weighted by Crippen LogP contribution is 2.36. The first kappa shape index (κ1) is 18.8. The number of rotatable bonds is 7. The predicted molar refractivity (Wildman–Crippen MR) is 104 cm³/mol. The third-order valence-corrected chi connectivity index (χ3v) is 9.37. The summed E-state index contributed by atoms with van der Waals surface area (Å²) in [5.74, 6) is 0.910. The number of hydrogen-bond donors (Lipinski definition) is 0. The molecular weight excluding hydrogens is 312 g/mol. The minimum atomic E-state index is -1.64. The molecule has 0 aromatic heterocycles. The number of ether oxygens (including phenoxy) is 1. The van der Waals surface area contributed by atoms with Crippen LogP contribution < -0.4 is 4.74 Å². The third kappa shape index (κ3) is 5.50. The van der Waals surface area contributed by atoms with E-state index >= 15 is 0 Å². The molecule has 24 heavy (non-hydrogen) atoms. The van der Waals surface area contributed by atoms with Crippen LogP contribution in [0.25, 0.3) is 0 Å². The summed E-state index contributed by atoms with van der Waals surface area (Å²) in [5, 5.41) is 0.266. The lowest BCUT2D eigenvalue weighted by Gasteiger charge is -2.36. The number of hydrogen-bond acceptors (Lipinski definition) is 2. The Labute approximate surface area is 148 Å². The van der Waals surface area contributed by atoms with Crippen molar-refractivity contribution in [1.82, 2.24) is 0 Å². The van der Waals surface area contributed by atoms with Gasteiger partial charge in [0, 0.05) is 6.61 Å². The Kier molecular flexibility index (Phi) is 6.25. The first-order valence-electron chi connectivity index (χ1n) is 8.67. The second-order valence-corrected chi connectivity index (χ2v) is 12.6. The van der Waals surface area contributed by atoms with Crippen LogP contribution in [0.4, 0.5) is 0 Å². The third-order valence-electron chi connectivity index (χ3n) is 4.83. The maximum absolute atomic E-state index is 6.24. The zero-order chi connectivity index (χ0) is 17.6. The van der Waals surface area contributed by atoms with E-state index in [1.54, 1.807) is 0 Å². The van der Waals surface area contributed by atoms with E-state index in [2.05, 4.69) is 58.1 Å². The van der Waals surface area contributed by atoms with Gasteiger partial charge in [-0.05, 0) is 47.8 Å². The van der Waals surface area contributed by atoms with Gasteiger partial charge in [-0.1, -0.05) is 63.2 Å². The summed E-state index contributed by atoms with van der Waals surface area (Å²) in [6.45, 7) is 12.8. The molecule has 0 heterocycles. The average molecular weight is 343 g/mol. The second-order valence-electron chi connectivity index (χ2n) is 7.78. The fourth-order valence-corrected chi connectivity index (χ4v) is 3.18. The fourth-order valence-electron chi connectivity index (χ4n) is 2.13. The molecule has 0 fully saturated rings. The quantitative estimate of drug-likeness (QED) is 0.589. The van der Waals surface area contributed by atoms with Crippen molar-refractivity contribution < 1.29 is 9.16 Å². The standard InChI is InChI=1S/C21H30O2Si/c1-21(2,3)24(4,5)23-16-15-18-11-13-20(14-12-18)22-17-19-9-7-6-8-10-19/h6-14H,15-17H2,1-5H3. The Hall–Kier alpha value is -1.58. The molecule has 0 atom stereocenters. The second kappa shape index (κ2) is 7.99. The van der Waals surface area contributed by atoms with E-state index in [1.807, 2.05) is 30.3 Å². The van der Waals surface area contributed by atoms with Gasteiger partial charge < -0.3 is 9.16 Å². The van der Waals surface area contributed by atoms with E-state index in [0.717, 1.165) is 18.8 Å². The van der Waals surface area contributed by atoms with Crippen molar-refractivity contribution in [2.45, 2.75) is 51.9 Å². The van der Waals surface area contributed by atoms with Gasteiger partial charge in [-0.15, -0.1) is 0 Å². The van der Waals surface area contributed by atoms with Gasteiger partial charge in [0.25, 0.3) is 0 Å². The van der Waals surface area contributed by atoms with Crippen LogP contribution in [-0.2, 0) is 17.5 Å². The first-order chi connectivity index (χ1) is 11.3. The van der Waals surface area contributed by atoms with E-state index in [1.165, 1.54) is 11.1 Å². The highest BCUT2D eigenvalue weighted by molar-refractivity contribution is 6.74. The number of benzene rings is 2. The molecule has 0 N–H and O–H groups in total. The van der Waals surface area contributed by atoms with Crippen LogP contribution in [0.2, 0.25) is 18.1 Å². The molecule has 0 saturated carbocycles. The monoisotopic (exact) mass is 342 g/mol. The minimum absolute atomic E-state index is 0.266. The lowest BCUT2D eigenvalue weighted by molar-refractivity contribution is 0.291. The van der Waals surface area contributed by atoms with Crippen molar-refractivity contribution in [3.8, 4) is 5.75 Å². The van der Waals surface area contributed by atoms with Gasteiger partial charge in [0.1, 0.15) is 12.4 Å². The molecular formula is C21H30O2Si. The Morgan fingerprint density at radius 2 is 1.46 bits per heavy atom. The summed E-state index contributed by atoms with van der Waals surface area (Å²) in [4.78, 5) is 0. The predicted octanol–water partition coefficient (Wildman–Crippen LogP) is 5.83. The van der Waals surface area contributed by atoms with E-state index in [9.17, 15) is 0 Å². The Morgan fingerprint density at radius 1 is 0.833 bits per heavy atom. The lowest BCUT2D eigenvalue weighted by atomic mass is 10.1. The maximum Gasteiger partial charge on any atom is 0.191 e. The molecule has 0 bridgehead atoms. The van der Waals surface area contributed by atoms with Crippen LogP contribution in [-0.4, -0.2) is 14.9 Å². The van der Waals surface area contributed by atoms with Crippen LogP contribution in [0.3, 0.4) is 0 Å². The molecule has 2 rings (SSSR count). The van der Waals surface area contributed by atoms with Crippen molar-refractivity contribution in [2.24, 2.45) is 0 Å². The molecule has 3 heteroatoms. The van der Waals surface area contributed by atoms with Crippen molar-refractivity contribution in [3.63, 3.8) is 0 Å². The molecule has 2 aromatic rings. The minimum Gasteiger partial charge on any atom is -0.489 e. The van der Waals surface area contributed by atoms with Crippen LogP contribution >= 0.6 is 0 Å². The average Bonchev–Trinajstić information content (AvgIpc) is 2.54. The van der Waals surface area contributed by atoms with Gasteiger partial charge in [-0.25, -0.2) is 0 Å². The molecule has 0 aliphatic heterocycles. The zero-order valence-electron chi connectivity index (χ0n) is 15.6. The molecule has 0 amide bonds. The van der Waals surface area contributed by atoms with Gasteiger partial charge in [0.2, 0.25) is 0 Å². The zero-order valence-corrected chi connectivity index (χ0v) is 16.6. The highest BCUT2D eigenvalue weighted by Gasteiger charge is 2.36. The van der Waals surface area contributed by atoms with Crippen molar-refractivity contribution in [3.05, 3.63) is 65.7 Å². The first-order valence-corrected chi connectivity index (χ1v) is 11.6. The topological polar surface area (TPSA) is 18.5 Å². The van der Waals surface area contributed by atoms with Crippen molar-refractivity contribution in [2.75, 3.05) is 6.61 Å². The molecule has 0 aliphatic carbocycles. The molecule has 2 nitrogen and oxygen atoms in total. The van der Waals surface area contributed by atoms with Gasteiger partial charge in [-0.3, -0.25) is 0 Å². The van der Waals surface area contributed by atoms with E-state index in [0.29, 0.717) is 6.61 Å². The summed E-state index contributed by atoms with van der Waals surface area (Å²) < 4.78 is 12.1. The van der Waals surface area contributed by atoms with Crippen molar-refractivity contribution >= 4 is 8.32 Å². The van der Waals surface area contributed by atoms with Crippen LogP contribution in [0.1, 0.15) is 31.9 Å². The van der Waals surface area contributed by atoms with Gasteiger partial charge in [0.15, 0.2) is 8.32 Å². The molecule has 0 aliphatic rings. The molecule has 0 saturated heterocycles. The van der Waals surface area contributed by atoms with Crippen molar-refractivity contribution in [1.29, 1.82) is 0 Å². The van der Waals surface area contributed by atoms with Gasteiger partial charge >= 0.3 is 0 Å². The van der Waals surface area contributed by atoms with Crippen LogP contribution in [0.5, 0.6) is 5.75 Å². The van der Waals surface area contributed by atoms with Crippen LogP contribution in [0.15, 0.2) is 54.6 Å². The van der Waals surface area contributed by atoms with Crippen LogP contribution in [0, 0.1) is 0 Å². The molecule has 0 radical (unpaired) electrons. The normalized spacial score (nSPS) is 12.2. The lowest BCUT2D eigenvalue weighted by Crippen LogP contribution is -2.41. The Balaban J connectivity index is 1.80. The van der Waals surface area contributed by atoms with Gasteiger partial charge in [-0.2, -0.15) is 0 Å². The maximum atomic E-state index is 6.24. The fraction of sp³-hybridized carbons (Fsp3) is 0.429. The Morgan fingerprint density at radius 3 is 2.04 bits per heavy atom. The summed E-state index contributed by atoms with van der Waals surface area (Å²) in [5.41, 5.74) is 2.48. The largest absolute Gasteiger partial charge is 0.489 e. The van der Waals surface area contributed by atoms with E-state index < -0.39 is 8.32 Å². The summed E-state index contributed by atoms with van der Waals surface area (Å²) >= 11 is 0. The SMILES string of the molecule is CC(C)(C)[Si](C)(C)OCCc1ccc(OCc2ccccc2)cc1. The van der Waals surface area contributed by atoms with E-state index in [4.69, 9.17) is 9.16 Å². The molecule has 130 valence electrons. The summed E-state index contributed by atoms with van der Waals surface area (Å²) in [6, 6.07) is 18.6. The molecule has 0 unspecified atom stereocenters. The highest BCUT2D eigenvalue weighted by atomic mass is 28.4.